The van der Waals surface area contributed by atoms with E-state index in [0.29, 0.717) is 18.8 Å². The van der Waals surface area contributed by atoms with E-state index in [1.807, 2.05) is 0 Å². The maximum absolute atomic E-state index is 11.6. The summed E-state index contributed by atoms with van der Waals surface area (Å²) in [5, 5.41) is 0.232. The van der Waals surface area contributed by atoms with E-state index < -0.39 is 8.32 Å². The third-order valence-corrected chi connectivity index (χ3v) is 9.21. The Morgan fingerprint density at radius 1 is 1.26 bits per heavy atom. The first-order valence-electron chi connectivity index (χ1n) is 7.26. The first kappa shape index (κ1) is 14.8. The molecule has 1 atom stereocenters. The lowest BCUT2D eigenvalue weighted by Crippen LogP contribution is -2.43. The highest BCUT2D eigenvalue weighted by Crippen LogP contribution is 2.38. The molecule has 2 rings (SSSR count). The molecule has 0 saturated carbocycles. The average Bonchev–Trinajstić information content (AvgIpc) is 2.67. The summed E-state index contributed by atoms with van der Waals surface area (Å²) in [6.45, 7) is 11.9. The third-order valence-electron chi connectivity index (χ3n) is 4.71. The van der Waals surface area contributed by atoms with Crippen LogP contribution in [-0.2, 0) is 14.0 Å². The molecule has 1 aliphatic carbocycles. The zero-order valence-electron chi connectivity index (χ0n) is 12.8. The fourth-order valence-corrected chi connectivity index (χ4v) is 3.33. The minimum atomic E-state index is -1.70. The van der Waals surface area contributed by atoms with Crippen LogP contribution in [0, 0.1) is 0 Å². The lowest BCUT2D eigenvalue weighted by molar-refractivity contribution is -0.115. The number of allylic oxidation sites excluding steroid dienone is 2. The molecule has 1 aliphatic heterocycles. The fourth-order valence-electron chi connectivity index (χ4n) is 2.29. The van der Waals surface area contributed by atoms with Crippen molar-refractivity contribution in [1.29, 1.82) is 0 Å². The van der Waals surface area contributed by atoms with E-state index >= 15 is 0 Å². The van der Waals surface area contributed by atoms with Crippen LogP contribution in [-0.4, -0.2) is 26.8 Å². The van der Waals surface area contributed by atoms with Crippen LogP contribution in [0.1, 0.15) is 46.5 Å². The molecule has 0 unspecified atom stereocenters. The number of ketones is 1. The molecule has 0 aromatic carbocycles. The minimum absolute atomic E-state index is 0.138. The Bertz CT molecular complexity index is 404. The van der Waals surface area contributed by atoms with Crippen molar-refractivity contribution in [2.45, 2.75) is 70.7 Å². The van der Waals surface area contributed by atoms with Gasteiger partial charge in [0.05, 0.1) is 6.61 Å². The van der Waals surface area contributed by atoms with Crippen molar-refractivity contribution in [3.05, 3.63) is 11.3 Å². The molecule has 0 aromatic rings. The second-order valence-corrected chi connectivity index (χ2v) is 12.0. The highest BCUT2D eigenvalue weighted by molar-refractivity contribution is 6.74. The predicted molar refractivity (Wildman–Crippen MR) is 78.5 cm³/mol. The summed E-state index contributed by atoms with van der Waals surface area (Å²) in [6, 6.07) is 0. The minimum Gasteiger partial charge on any atom is -0.492 e. The van der Waals surface area contributed by atoms with Gasteiger partial charge in [-0.05, 0) is 31.0 Å². The molecule has 0 N–H and O–H groups in total. The van der Waals surface area contributed by atoms with Crippen LogP contribution in [0.2, 0.25) is 18.1 Å². The summed E-state index contributed by atoms with van der Waals surface area (Å²) < 4.78 is 12.2. The number of hydrogen-bond donors (Lipinski definition) is 0. The van der Waals surface area contributed by atoms with Crippen molar-refractivity contribution in [1.82, 2.24) is 0 Å². The Morgan fingerprint density at radius 2 is 1.95 bits per heavy atom. The molecule has 0 spiro atoms. The van der Waals surface area contributed by atoms with Crippen molar-refractivity contribution in [2.75, 3.05) is 6.61 Å². The van der Waals surface area contributed by atoms with Gasteiger partial charge in [0.25, 0.3) is 0 Å². The topological polar surface area (TPSA) is 35.5 Å². The summed E-state index contributed by atoms with van der Waals surface area (Å²) in [6.07, 6.45) is 3.36. The Kier molecular flexibility index (Phi) is 3.94. The van der Waals surface area contributed by atoms with Gasteiger partial charge in [-0.2, -0.15) is 0 Å². The number of carbonyl (C=O) groups is 1. The number of ether oxygens (including phenoxy) is 1. The van der Waals surface area contributed by atoms with Gasteiger partial charge < -0.3 is 9.16 Å². The molecule has 0 bridgehead atoms. The van der Waals surface area contributed by atoms with Crippen LogP contribution >= 0.6 is 0 Å². The Morgan fingerprint density at radius 3 is 2.58 bits per heavy atom. The maximum atomic E-state index is 11.6. The van der Waals surface area contributed by atoms with E-state index in [1.165, 1.54) is 0 Å². The Hall–Kier alpha value is -0.613. The van der Waals surface area contributed by atoms with E-state index in [9.17, 15) is 4.79 Å². The van der Waals surface area contributed by atoms with Gasteiger partial charge in [0.15, 0.2) is 14.1 Å². The van der Waals surface area contributed by atoms with Gasteiger partial charge in [-0.25, -0.2) is 0 Å². The standard InChI is InChI=1S/C15H26O3Si/c1-15(2,3)19(4,5)17-10-11-6-7-12-13(16)8-9-14(12)18-11/h11H,6-10H2,1-5H3/t11-/m0/s1. The number of rotatable bonds is 3. The van der Waals surface area contributed by atoms with Crippen molar-refractivity contribution in [2.24, 2.45) is 0 Å². The highest BCUT2D eigenvalue weighted by atomic mass is 28.4. The molecule has 108 valence electrons. The van der Waals surface area contributed by atoms with E-state index in [4.69, 9.17) is 9.16 Å². The molecule has 0 aromatic heterocycles. The van der Waals surface area contributed by atoms with Crippen LogP contribution in [0.25, 0.3) is 0 Å². The molecule has 0 fully saturated rings. The molecule has 0 radical (unpaired) electrons. The van der Waals surface area contributed by atoms with Gasteiger partial charge in [0.2, 0.25) is 0 Å². The van der Waals surface area contributed by atoms with Crippen LogP contribution in [0.15, 0.2) is 11.3 Å². The first-order valence-corrected chi connectivity index (χ1v) is 10.2. The summed E-state index contributed by atoms with van der Waals surface area (Å²) in [7, 11) is -1.70. The highest BCUT2D eigenvalue weighted by Gasteiger charge is 2.38. The summed E-state index contributed by atoms with van der Waals surface area (Å²) >= 11 is 0. The molecule has 1 heterocycles. The second-order valence-electron chi connectivity index (χ2n) is 7.17. The van der Waals surface area contributed by atoms with E-state index in [-0.39, 0.29) is 11.1 Å². The van der Waals surface area contributed by atoms with Gasteiger partial charge in [0.1, 0.15) is 11.9 Å². The smallest absolute Gasteiger partial charge is 0.192 e. The maximum Gasteiger partial charge on any atom is 0.192 e. The quantitative estimate of drug-likeness (QED) is 0.739. The Balaban J connectivity index is 1.90. The molecule has 2 aliphatic rings. The lowest BCUT2D eigenvalue weighted by Gasteiger charge is -2.37. The zero-order chi connectivity index (χ0) is 14.3. The molecule has 0 amide bonds. The summed E-state index contributed by atoms with van der Waals surface area (Å²) in [5.74, 6) is 1.24. The predicted octanol–water partition coefficient (Wildman–Crippen LogP) is 3.80. The van der Waals surface area contributed by atoms with Gasteiger partial charge in [-0.1, -0.05) is 20.8 Å². The Labute approximate surface area is 117 Å². The zero-order valence-corrected chi connectivity index (χ0v) is 13.8. The number of hydrogen-bond acceptors (Lipinski definition) is 3. The number of carbonyl (C=O) groups excluding carboxylic acids is 1. The molecular weight excluding hydrogens is 256 g/mol. The normalized spacial score (nSPS) is 24.5. The molecule has 3 nitrogen and oxygen atoms in total. The number of Topliss-reactive ketones (excluding diaryl/α,β-unsaturated/α-hetero) is 1. The monoisotopic (exact) mass is 282 g/mol. The molecule has 4 heteroatoms. The molecular formula is C15H26O3Si. The average molecular weight is 282 g/mol. The van der Waals surface area contributed by atoms with Crippen molar-refractivity contribution < 1.29 is 14.0 Å². The van der Waals surface area contributed by atoms with Crippen LogP contribution in [0.3, 0.4) is 0 Å². The molecule has 19 heavy (non-hydrogen) atoms. The van der Waals surface area contributed by atoms with E-state index in [1.54, 1.807) is 0 Å². The SMILES string of the molecule is CC(C)(C)[Si](C)(C)OC[C@@H]1CCC2=C(CCC2=O)O1. The largest absolute Gasteiger partial charge is 0.492 e. The molecule has 0 saturated heterocycles. The first-order chi connectivity index (χ1) is 8.71. The van der Waals surface area contributed by atoms with Crippen molar-refractivity contribution in [3.8, 4) is 0 Å². The fraction of sp³-hybridized carbons (Fsp3) is 0.800. The van der Waals surface area contributed by atoms with Crippen LogP contribution < -0.4 is 0 Å². The third kappa shape index (κ3) is 3.11. The van der Waals surface area contributed by atoms with E-state index in [0.717, 1.165) is 30.6 Å². The van der Waals surface area contributed by atoms with E-state index in [2.05, 4.69) is 33.9 Å². The van der Waals surface area contributed by atoms with Crippen LogP contribution in [0.5, 0.6) is 0 Å². The van der Waals surface area contributed by atoms with Crippen molar-refractivity contribution >= 4 is 14.1 Å². The van der Waals surface area contributed by atoms with Crippen molar-refractivity contribution in [3.63, 3.8) is 0 Å². The van der Waals surface area contributed by atoms with Gasteiger partial charge in [0, 0.05) is 18.4 Å². The summed E-state index contributed by atoms with van der Waals surface area (Å²) in [5.41, 5.74) is 0.948. The van der Waals surface area contributed by atoms with Gasteiger partial charge >= 0.3 is 0 Å². The van der Waals surface area contributed by atoms with Gasteiger partial charge in [-0.15, -0.1) is 0 Å². The van der Waals surface area contributed by atoms with Gasteiger partial charge in [-0.3, -0.25) is 4.79 Å². The van der Waals surface area contributed by atoms with Crippen LogP contribution in [0.4, 0.5) is 0 Å². The second kappa shape index (κ2) is 5.06. The summed E-state index contributed by atoms with van der Waals surface area (Å²) in [4.78, 5) is 11.6. The lowest BCUT2D eigenvalue weighted by atomic mass is 10.0.